The molecule has 0 fully saturated rings. The summed E-state index contributed by atoms with van der Waals surface area (Å²) in [5.41, 5.74) is 3.09. The molecule has 0 aliphatic carbocycles. The predicted octanol–water partition coefficient (Wildman–Crippen LogP) is 5.88. The number of hydrogen-bond acceptors (Lipinski definition) is 4. The van der Waals surface area contributed by atoms with E-state index in [2.05, 4.69) is 20.1 Å². The fourth-order valence-corrected chi connectivity index (χ4v) is 3.53. The molecule has 142 valence electrons. The smallest absolute Gasteiger partial charge is 0.176 e. The maximum atomic E-state index is 14.4. The largest absolute Gasteiger partial charge is 0.356 e. The van der Waals surface area contributed by atoms with Gasteiger partial charge in [-0.2, -0.15) is 0 Å². The van der Waals surface area contributed by atoms with Crippen LogP contribution in [-0.2, 0) is 0 Å². The van der Waals surface area contributed by atoms with Crippen molar-refractivity contribution in [2.45, 2.75) is 0 Å². The van der Waals surface area contributed by atoms with Gasteiger partial charge < -0.3 is 9.51 Å². The van der Waals surface area contributed by atoms with Crippen LogP contribution in [0.3, 0.4) is 0 Å². The lowest BCUT2D eigenvalue weighted by molar-refractivity contribution is 0.432. The molecule has 1 N–H and O–H groups in total. The molecule has 0 bridgehead atoms. The third-order valence-electron chi connectivity index (χ3n) is 4.67. The van der Waals surface area contributed by atoms with Gasteiger partial charge in [0.1, 0.15) is 10.8 Å². The molecule has 29 heavy (non-hydrogen) atoms. The molecule has 5 nitrogen and oxygen atoms in total. The van der Waals surface area contributed by atoms with Gasteiger partial charge in [-0.3, -0.25) is 4.98 Å². The maximum Gasteiger partial charge on any atom is 0.176 e. The van der Waals surface area contributed by atoms with Crippen molar-refractivity contribution in [2.24, 2.45) is 0 Å². The van der Waals surface area contributed by atoms with Crippen LogP contribution in [-0.4, -0.2) is 20.1 Å². The number of halogens is 3. The predicted molar refractivity (Wildman–Crippen MR) is 105 cm³/mol. The highest BCUT2D eigenvalue weighted by Gasteiger charge is 2.21. The Hall–Kier alpha value is -3.58. The number of nitrogens with one attached hydrogen (secondary N) is 1. The van der Waals surface area contributed by atoms with Crippen LogP contribution in [0.4, 0.5) is 8.78 Å². The monoisotopic (exact) mass is 408 g/mol. The molecule has 0 saturated heterocycles. The summed E-state index contributed by atoms with van der Waals surface area (Å²) in [6.07, 6.45) is 6.36. The quantitative estimate of drug-likeness (QED) is 0.378. The highest BCUT2D eigenvalue weighted by atomic mass is 35.5. The lowest BCUT2D eigenvalue weighted by atomic mass is 10.0. The zero-order valence-corrected chi connectivity index (χ0v) is 15.4. The summed E-state index contributed by atoms with van der Waals surface area (Å²) in [7, 11) is 0. The second-order valence-electron chi connectivity index (χ2n) is 6.33. The molecule has 0 radical (unpaired) electrons. The number of aromatic nitrogens is 4. The van der Waals surface area contributed by atoms with Crippen LogP contribution < -0.4 is 0 Å². The van der Waals surface area contributed by atoms with Crippen molar-refractivity contribution in [1.29, 1.82) is 0 Å². The molecule has 0 unspecified atom stereocenters. The molecule has 0 aliphatic heterocycles. The van der Waals surface area contributed by atoms with E-state index in [-0.39, 0.29) is 5.56 Å². The molecule has 8 heteroatoms. The number of pyridine rings is 2. The molecule has 1 aromatic carbocycles. The highest BCUT2D eigenvalue weighted by Crippen LogP contribution is 2.39. The second-order valence-corrected chi connectivity index (χ2v) is 6.69. The minimum Gasteiger partial charge on any atom is -0.356 e. The van der Waals surface area contributed by atoms with Crippen LogP contribution in [0.2, 0.25) is 5.15 Å². The number of rotatable bonds is 3. The van der Waals surface area contributed by atoms with Gasteiger partial charge in [0.2, 0.25) is 0 Å². The SMILES string of the molecule is Fc1cccc(-c2cnoc2-c2c[nH]c3nc(Cl)c(-c4ccncc4)cc23)c1F. The minimum absolute atomic E-state index is 0.0619. The van der Waals surface area contributed by atoms with E-state index < -0.39 is 11.6 Å². The Kier molecular flexibility index (Phi) is 4.10. The van der Waals surface area contributed by atoms with Gasteiger partial charge >= 0.3 is 0 Å². The minimum atomic E-state index is -0.963. The van der Waals surface area contributed by atoms with Crippen molar-refractivity contribution in [2.75, 3.05) is 0 Å². The van der Waals surface area contributed by atoms with E-state index in [4.69, 9.17) is 16.1 Å². The first-order chi connectivity index (χ1) is 14.1. The van der Waals surface area contributed by atoms with Crippen molar-refractivity contribution in [3.63, 3.8) is 0 Å². The van der Waals surface area contributed by atoms with E-state index in [1.54, 1.807) is 18.6 Å². The molecule has 0 atom stereocenters. The third kappa shape index (κ3) is 2.87. The number of benzene rings is 1. The molecular formula is C21H11ClF2N4O. The van der Waals surface area contributed by atoms with Crippen LogP contribution in [0, 0.1) is 11.6 Å². The zero-order chi connectivity index (χ0) is 20.0. The van der Waals surface area contributed by atoms with Crippen LogP contribution in [0.5, 0.6) is 0 Å². The van der Waals surface area contributed by atoms with E-state index >= 15 is 0 Å². The van der Waals surface area contributed by atoms with Gasteiger partial charge in [-0.15, -0.1) is 0 Å². The molecule has 4 heterocycles. The molecule has 0 amide bonds. The van der Waals surface area contributed by atoms with Gasteiger partial charge in [-0.05, 0) is 29.8 Å². The summed E-state index contributed by atoms with van der Waals surface area (Å²) in [6.45, 7) is 0. The topological polar surface area (TPSA) is 67.6 Å². The number of fused-ring (bicyclic) bond motifs is 1. The van der Waals surface area contributed by atoms with Gasteiger partial charge in [-0.25, -0.2) is 13.8 Å². The first-order valence-corrected chi connectivity index (χ1v) is 8.98. The Morgan fingerprint density at radius 1 is 0.966 bits per heavy atom. The van der Waals surface area contributed by atoms with Gasteiger partial charge in [0.05, 0.1) is 11.8 Å². The average molecular weight is 409 g/mol. The molecular weight excluding hydrogens is 398 g/mol. The third-order valence-corrected chi connectivity index (χ3v) is 4.96. The van der Waals surface area contributed by atoms with Crippen LogP contribution in [0.25, 0.3) is 44.6 Å². The van der Waals surface area contributed by atoms with Crippen LogP contribution in [0.1, 0.15) is 0 Å². The van der Waals surface area contributed by atoms with Gasteiger partial charge in [0.25, 0.3) is 0 Å². The Labute approximate surface area is 168 Å². The lowest BCUT2D eigenvalue weighted by Crippen LogP contribution is -1.89. The fraction of sp³-hybridized carbons (Fsp3) is 0. The van der Waals surface area contributed by atoms with Gasteiger partial charge in [0.15, 0.2) is 17.4 Å². The van der Waals surface area contributed by atoms with Crippen molar-refractivity contribution < 1.29 is 13.3 Å². The molecule has 4 aromatic heterocycles. The number of nitrogens with zero attached hydrogens (tertiary/aromatic N) is 3. The maximum absolute atomic E-state index is 14.4. The van der Waals surface area contributed by atoms with E-state index in [1.807, 2.05) is 18.2 Å². The van der Waals surface area contributed by atoms with Gasteiger partial charge in [-0.1, -0.05) is 28.9 Å². The van der Waals surface area contributed by atoms with Gasteiger partial charge in [0, 0.05) is 40.7 Å². The Morgan fingerprint density at radius 3 is 2.62 bits per heavy atom. The van der Waals surface area contributed by atoms with E-state index in [9.17, 15) is 8.78 Å². The Balaban J connectivity index is 1.72. The summed E-state index contributed by atoms with van der Waals surface area (Å²) >= 11 is 6.36. The summed E-state index contributed by atoms with van der Waals surface area (Å²) < 4.78 is 33.5. The van der Waals surface area contributed by atoms with E-state index in [0.29, 0.717) is 38.6 Å². The fourth-order valence-electron chi connectivity index (χ4n) is 3.28. The van der Waals surface area contributed by atoms with E-state index in [1.165, 1.54) is 18.3 Å². The molecule has 0 saturated carbocycles. The summed E-state index contributed by atoms with van der Waals surface area (Å²) in [5, 5.41) is 4.83. The van der Waals surface area contributed by atoms with Crippen molar-refractivity contribution in [3.8, 4) is 33.6 Å². The van der Waals surface area contributed by atoms with Crippen molar-refractivity contribution in [3.05, 3.63) is 78.0 Å². The molecule has 5 rings (SSSR count). The molecule has 5 aromatic rings. The summed E-state index contributed by atoms with van der Waals surface area (Å²) in [6, 6.07) is 9.47. The van der Waals surface area contributed by atoms with Crippen molar-refractivity contribution >= 4 is 22.6 Å². The van der Waals surface area contributed by atoms with E-state index in [0.717, 1.165) is 11.6 Å². The normalized spacial score (nSPS) is 11.3. The standard InChI is InChI=1S/C21H11ClF2N4O/c22-20-13(11-4-6-25-7-5-11)8-14-15(9-26-21(14)28-20)19-16(10-27-29-19)12-2-1-3-17(23)18(12)24/h1-10H,(H,26,28). The first kappa shape index (κ1) is 17.5. The molecule has 0 aliphatic rings. The molecule has 0 spiro atoms. The number of H-pyrrole nitrogens is 1. The second kappa shape index (κ2) is 6.79. The number of hydrogen-bond donors (Lipinski definition) is 1. The highest BCUT2D eigenvalue weighted by molar-refractivity contribution is 6.32. The Morgan fingerprint density at radius 2 is 1.79 bits per heavy atom. The summed E-state index contributed by atoms with van der Waals surface area (Å²) in [5.74, 6) is -1.61. The van der Waals surface area contributed by atoms with Crippen LogP contribution >= 0.6 is 11.6 Å². The van der Waals surface area contributed by atoms with Crippen molar-refractivity contribution in [1.82, 2.24) is 20.1 Å². The Bertz CT molecular complexity index is 1350. The van der Waals surface area contributed by atoms with Crippen LogP contribution in [0.15, 0.2) is 65.7 Å². The summed E-state index contributed by atoms with van der Waals surface area (Å²) in [4.78, 5) is 11.5. The zero-order valence-electron chi connectivity index (χ0n) is 14.7. The lowest BCUT2D eigenvalue weighted by Gasteiger charge is -2.06. The first-order valence-electron chi connectivity index (χ1n) is 8.61. The number of aromatic amines is 1. The average Bonchev–Trinajstić information content (AvgIpc) is 3.36.